The van der Waals surface area contributed by atoms with Gasteiger partial charge in [0.15, 0.2) is 0 Å². The summed E-state index contributed by atoms with van der Waals surface area (Å²) in [5.74, 6) is 0.930. The second kappa shape index (κ2) is 6.86. The van der Waals surface area contributed by atoms with Crippen LogP contribution in [0.2, 0.25) is 0 Å². The number of hydrogen-bond acceptors (Lipinski definition) is 6. The molecule has 0 bridgehead atoms. The molecular formula is C17H20N4O2S. The van der Waals surface area contributed by atoms with Crippen LogP contribution in [0.25, 0.3) is 0 Å². The lowest BCUT2D eigenvalue weighted by molar-refractivity contribution is -0.131. The van der Waals surface area contributed by atoms with E-state index in [9.17, 15) is 4.79 Å². The smallest absolute Gasteiger partial charge is 0.228 e. The molecule has 6 nitrogen and oxygen atoms in total. The highest BCUT2D eigenvalue weighted by Crippen LogP contribution is 2.21. The molecular weight excluding hydrogens is 324 g/mol. The monoisotopic (exact) mass is 344 g/mol. The van der Waals surface area contributed by atoms with Crippen LogP contribution in [0.5, 0.6) is 0 Å². The summed E-state index contributed by atoms with van der Waals surface area (Å²) in [6.07, 6.45) is 3.23. The lowest BCUT2D eigenvalue weighted by Gasteiger charge is -2.30. The first-order valence-electron chi connectivity index (χ1n) is 8.27. The van der Waals surface area contributed by atoms with Crippen molar-refractivity contribution >= 4 is 23.2 Å². The molecule has 7 heteroatoms. The van der Waals surface area contributed by atoms with Crippen LogP contribution in [-0.4, -0.2) is 53.6 Å². The number of anilines is 1. The zero-order valence-corrected chi connectivity index (χ0v) is 14.3. The van der Waals surface area contributed by atoms with Gasteiger partial charge in [-0.3, -0.25) is 4.79 Å². The summed E-state index contributed by atoms with van der Waals surface area (Å²) >= 11 is 1.63. The maximum Gasteiger partial charge on any atom is 0.228 e. The Morgan fingerprint density at radius 2 is 2.17 bits per heavy atom. The fraction of sp³-hybridized carbons (Fsp3) is 0.471. The van der Waals surface area contributed by atoms with Gasteiger partial charge in [-0.2, -0.15) is 0 Å². The maximum absolute atomic E-state index is 12.5. The molecule has 0 aliphatic carbocycles. The van der Waals surface area contributed by atoms with Gasteiger partial charge in [0.1, 0.15) is 0 Å². The minimum Gasteiger partial charge on any atom is -0.378 e. The van der Waals surface area contributed by atoms with Gasteiger partial charge in [-0.15, -0.1) is 11.3 Å². The topological polar surface area (TPSA) is 58.6 Å². The molecule has 0 atom stereocenters. The summed E-state index contributed by atoms with van der Waals surface area (Å²) in [5, 5.41) is 2.01. The summed E-state index contributed by atoms with van der Waals surface area (Å²) in [6.45, 7) is 4.40. The Labute approximate surface area is 145 Å². The molecule has 4 heterocycles. The Hall–Kier alpha value is -1.99. The van der Waals surface area contributed by atoms with E-state index in [4.69, 9.17) is 9.72 Å². The van der Waals surface area contributed by atoms with Gasteiger partial charge in [-0.25, -0.2) is 9.97 Å². The lowest BCUT2D eigenvalue weighted by atomic mass is 10.1. The molecule has 0 saturated carbocycles. The molecule has 1 fully saturated rings. The van der Waals surface area contributed by atoms with E-state index < -0.39 is 0 Å². The van der Waals surface area contributed by atoms with Crippen LogP contribution in [0.15, 0.2) is 23.7 Å². The highest BCUT2D eigenvalue weighted by atomic mass is 32.1. The number of carbonyl (C=O) groups excluding carboxylic acids is 1. The van der Waals surface area contributed by atoms with Crippen LogP contribution in [0.3, 0.4) is 0 Å². The van der Waals surface area contributed by atoms with Gasteiger partial charge in [-0.05, 0) is 23.4 Å². The number of hydrogen-bond donors (Lipinski definition) is 0. The number of fused-ring (bicyclic) bond motifs is 1. The van der Waals surface area contributed by atoms with Gasteiger partial charge < -0.3 is 14.5 Å². The number of aromatic nitrogens is 2. The summed E-state index contributed by atoms with van der Waals surface area (Å²) in [4.78, 5) is 26.9. The third kappa shape index (κ3) is 3.27. The first-order chi connectivity index (χ1) is 11.8. The zero-order valence-electron chi connectivity index (χ0n) is 13.5. The molecule has 1 saturated heterocycles. The molecule has 2 aromatic heterocycles. The van der Waals surface area contributed by atoms with E-state index in [1.165, 1.54) is 0 Å². The number of amides is 1. The summed E-state index contributed by atoms with van der Waals surface area (Å²) in [6, 6.07) is 4.00. The van der Waals surface area contributed by atoms with Crippen LogP contribution < -0.4 is 4.90 Å². The van der Waals surface area contributed by atoms with E-state index in [0.717, 1.165) is 48.1 Å². The molecule has 126 valence electrons. The quantitative estimate of drug-likeness (QED) is 0.845. The normalized spacial score (nSPS) is 17.7. The predicted octanol–water partition coefficient (Wildman–Crippen LogP) is 1.50. The van der Waals surface area contributed by atoms with Gasteiger partial charge >= 0.3 is 0 Å². The van der Waals surface area contributed by atoms with Gasteiger partial charge in [0.2, 0.25) is 11.9 Å². The van der Waals surface area contributed by atoms with Crippen molar-refractivity contribution in [2.24, 2.45) is 0 Å². The molecule has 0 radical (unpaired) electrons. The highest BCUT2D eigenvalue weighted by molar-refractivity contribution is 7.10. The van der Waals surface area contributed by atoms with Gasteiger partial charge in [-0.1, -0.05) is 6.07 Å². The van der Waals surface area contributed by atoms with E-state index in [1.54, 1.807) is 11.3 Å². The van der Waals surface area contributed by atoms with Crippen LogP contribution in [-0.2, 0) is 28.9 Å². The van der Waals surface area contributed by atoms with E-state index in [0.29, 0.717) is 26.2 Å². The van der Waals surface area contributed by atoms with Crippen LogP contribution >= 0.6 is 11.3 Å². The van der Waals surface area contributed by atoms with Gasteiger partial charge in [0.05, 0.1) is 31.9 Å². The molecule has 2 aliphatic rings. The first-order valence-corrected chi connectivity index (χ1v) is 9.15. The molecule has 2 aromatic rings. The van der Waals surface area contributed by atoms with Crippen molar-refractivity contribution in [3.05, 3.63) is 39.8 Å². The SMILES string of the molecule is O=C(Cc1cccs1)N1CCc2cnc(N3CCOCC3)nc2C1. The summed E-state index contributed by atoms with van der Waals surface area (Å²) < 4.78 is 5.38. The van der Waals surface area contributed by atoms with Crippen molar-refractivity contribution in [1.29, 1.82) is 0 Å². The molecule has 1 amide bonds. The van der Waals surface area contributed by atoms with Crippen molar-refractivity contribution in [3.63, 3.8) is 0 Å². The zero-order chi connectivity index (χ0) is 16.4. The maximum atomic E-state index is 12.5. The van der Waals surface area contributed by atoms with Gasteiger partial charge in [0.25, 0.3) is 0 Å². The molecule has 4 rings (SSSR count). The van der Waals surface area contributed by atoms with Crippen molar-refractivity contribution < 1.29 is 9.53 Å². The third-order valence-corrected chi connectivity index (χ3v) is 5.36. The van der Waals surface area contributed by atoms with Gasteiger partial charge in [0, 0.05) is 30.7 Å². The predicted molar refractivity (Wildman–Crippen MR) is 92.2 cm³/mol. The summed E-state index contributed by atoms with van der Waals surface area (Å²) in [7, 11) is 0. The fourth-order valence-electron chi connectivity index (χ4n) is 3.10. The van der Waals surface area contributed by atoms with E-state index >= 15 is 0 Å². The standard InChI is InChI=1S/C17H20N4O2S/c22-16(10-14-2-1-9-24-14)21-4-3-13-11-18-17(19-15(13)12-21)20-5-7-23-8-6-20/h1-2,9,11H,3-8,10,12H2. The van der Waals surface area contributed by atoms with E-state index in [-0.39, 0.29) is 5.91 Å². The second-order valence-electron chi connectivity index (χ2n) is 6.06. The average molecular weight is 344 g/mol. The summed E-state index contributed by atoms with van der Waals surface area (Å²) in [5.41, 5.74) is 2.14. The molecule has 24 heavy (non-hydrogen) atoms. The highest BCUT2D eigenvalue weighted by Gasteiger charge is 2.24. The van der Waals surface area contributed by atoms with Crippen LogP contribution in [0.4, 0.5) is 5.95 Å². The Morgan fingerprint density at radius 3 is 2.96 bits per heavy atom. The Kier molecular flexibility index (Phi) is 4.44. The average Bonchev–Trinajstić information content (AvgIpc) is 3.14. The van der Waals surface area contributed by atoms with E-state index in [2.05, 4.69) is 9.88 Å². The number of rotatable bonds is 3. The Bertz CT molecular complexity index is 713. The van der Waals surface area contributed by atoms with Crippen LogP contribution in [0, 0.1) is 0 Å². The molecule has 2 aliphatic heterocycles. The number of nitrogens with zero attached hydrogens (tertiary/aromatic N) is 4. The number of thiophene rings is 1. The Morgan fingerprint density at radius 1 is 1.29 bits per heavy atom. The largest absolute Gasteiger partial charge is 0.378 e. The second-order valence-corrected chi connectivity index (χ2v) is 7.10. The third-order valence-electron chi connectivity index (χ3n) is 4.49. The van der Waals surface area contributed by atoms with Crippen LogP contribution in [0.1, 0.15) is 16.1 Å². The minimum absolute atomic E-state index is 0.176. The number of carbonyl (C=O) groups is 1. The minimum atomic E-state index is 0.176. The Balaban J connectivity index is 1.47. The molecule has 0 N–H and O–H groups in total. The molecule has 0 spiro atoms. The lowest BCUT2D eigenvalue weighted by Crippen LogP contribution is -2.39. The van der Waals surface area contributed by atoms with E-state index in [1.807, 2.05) is 28.6 Å². The molecule has 0 aromatic carbocycles. The van der Waals surface area contributed by atoms with Crippen molar-refractivity contribution in [2.75, 3.05) is 37.7 Å². The number of ether oxygens (including phenoxy) is 1. The molecule has 0 unspecified atom stereocenters. The fourth-order valence-corrected chi connectivity index (χ4v) is 3.79. The van der Waals surface area contributed by atoms with Crippen molar-refractivity contribution in [1.82, 2.24) is 14.9 Å². The number of morpholine rings is 1. The van der Waals surface area contributed by atoms with Crippen molar-refractivity contribution in [2.45, 2.75) is 19.4 Å². The first kappa shape index (κ1) is 15.5. The van der Waals surface area contributed by atoms with Crippen molar-refractivity contribution in [3.8, 4) is 0 Å².